The normalized spacial score (nSPS) is 9.95. The number of hydrogen-bond acceptors (Lipinski definition) is 3. The first-order chi connectivity index (χ1) is 9.49. The minimum Gasteiger partial charge on any atom is -0.465 e. The average molecular weight is 275 g/mol. The summed E-state index contributed by atoms with van der Waals surface area (Å²) in [6.45, 7) is 9.77. The summed E-state index contributed by atoms with van der Waals surface area (Å²) in [4.78, 5) is 25.5. The average Bonchev–Trinajstić information content (AvgIpc) is 2.38. The van der Waals surface area contributed by atoms with Crippen molar-refractivity contribution in [2.75, 3.05) is 19.7 Å². The molecule has 20 heavy (non-hydrogen) atoms. The summed E-state index contributed by atoms with van der Waals surface area (Å²) in [7, 11) is 0. The number of ether oxygens (including phenoxy) is 1. The highest BCUT2D eigenvalue weighted by Crippen LogP contribution is 2.13. The number of amides is 1. The van der Waals surface area contributed by atoms with Gasteiger partial charge in [0.25, 0.3) is 5.91 Å². The summed E-state index contributed by atoms with van der Waals surface area (Å²) in [5, 5.41) is 0. The van der Waals surface area contributed by atoms with Gasteiger partial charge in [-0.25, -0.2) is 0 Å². The van der Waals surface area contributed by atoms with Crippen LogP contribution in [-0.2, 0) is 9.53 Å². The fourth-order valence-electron chi connectivity index (χ4n) is 1.96. The molecule has 1 aromatic carbocycles. The summed E-state index contributed by atoms with van der Waals surface area (Å²) < 4.78 is 4.89. The Morgan fingerprint density at radius 3 is 2.60 bits per heavy atom. The van der Waals surface area contributed by atoms with Gasteiger partial charge in [-0.1, -0.05) is 23.8 Å². The largest absolute Gasteiger partial charge is 0.465 e. The van der Waals surface area contributed by atoms with Crippen LogP contribution < -0.4 is 0 Å². The number of carbonyl (C=O) groups excluding carboxylic acids is 2. The number of nitrogens with zero attached hydrogens (tertiary/aromatic N) is 1. The van der Waals surface area contributed by atoms with E-state index in [1.807, 2.05) is 26.0 Å². The van der Waals surface area contributed by atoms with Crippen molar-refractivity contribution >= 4 is 11.9 Å². The molecule has 0 aliphatic rings. The Balaban J connectivity index is 2.93. The minimum absolute atomic E-state index is 0.0635. The third kappa shape index (κ3) is 4.23. The number of esters is 1. The molecule has 0 atom stereocenters. The van der Waals surface area contributed by atoms with E-state index in [-0.39, 0.29) is 12.5 Å². The molecule has 0 N–H and O–H groups in total. The first-order valence-electron chi connectivity index (χ1n) is 6.62. The Morgan fingerprint density at radius 2 is 2.05 bits per heavy atom. The van der Waals surface area contributed by atoms with Gasteiger partial charge in [-0.05, 0) is 32.4 Å². The van der Waals surface area contributed by atoms with Crippen LogP contribution in [0.25, 0.3) is 0 Å². The molecule has 1 aromatic rings. The predicted octanol–water partition coefficient (Wildman–Crippen LogP) is 2.49. The number of benzene rings is 1. The lowest BCUT2D eigenvalue weighted by Gasteiger charge is -2.21. The zero-order valence-corrected chi connectivity index (χ0v) is 12.3. The monoisotopic (exact) mass is 275 g/mol. The topological polar surface area (TPSA) is 46.6 Å². The summed E-state index contributed by atoms with van der Waals surface area (Å²) in [5.74, 6) is -0.595. The Kier molecular flexibility index (Phi) is 5.97. The predicted molar refractivity (Wildman–Crippen MR) is 78.6 cm³/mol. The van der Waals surface area contributed by atoms with Crippen molar-refractivity contribution in [3.8, 4) is 0 Å². The first kappa shape index (κ1) is 16.0. The van der Waals surface area contributed by atoms with Crippen molar-refractivity contribution in [3.05, 3.63) is 47.5 Å². The Morgan fingerprint density at radius 1 is 1.35 bits per heavy atom. The van der Waals surface area contributed by atoms with Crippen LogP contribution in [0.2, 0.25) is 0 Å². The van der Waals surface area contributed by atoms with Crippen LogP contribution in [0.5, 0.6) is 0 Å². The second kappa shape index (κ2) is 7.48. The molecule has 4 heteroatoms. The van der Waals surface area contributed by atoms with Crippen LogP contribution in [0.4, 0.5) is 0 Å². The quantitative estimate of drug-likeness (QED) is 0.592. The molecule has 0 heterocycles. The first-order valence-corrected chi connectivity index (χ1v) is 6.62. The molecule has 0 aromatic heterocycles. The Hall–Kier alpha value is -2.10. The molecule has 0 fully saturated rings. The maximum Gasteiger partial charge on any atom is 0.325 e. The van der Waals surface area contributed by atoms with Gasteiger partial charge in [0.1, 0.15) is 6.54 Å². The Bertz CT molecular complexity index is 508. The van der Waals surface area contributed by atoms with Crippen LogP contribution in [0.3, 0.4) is 0 Å². The van der Waals surface area contributed by atoms with Crippen LogP contribution in [0, 0.1) is 13.8 Å². The van der Waals surface area contributed by atoms with Gasteiger partial charge in [0.05, 0.1) is 6.61 Å². The lowest BCUT2D eigenvalue weighted by molar-refractivity contribution is -0.143. The van der Waals surface area contributed by atoms with Gasteiger partial charge in [0.15, 0.2) is 0 Å². The van der Waals surface area contributed by atoms with Crippen LogP contribution in [0.15, 0.2) is 30.9 Å². The van der Waals surface area contributed by atoms with Crippen molar-refractivity contribution < 1.29 is 14.3 Å². The minimum atomic E-state index is -0.410. The van der Waals surface area contributed by atoms with Gasteiger partial charge in [0, 0.05) is 12.1 Å². The van der Waals surface area contributed by atoms with E-state index in [2.05, 4.69) is 6.58 Å². The third-order valence-electron chi connectivity index (χ3n) is 2.87. The molecule has 0 saturated carbocycles. The molecule has 0 saturated heterocycles. The van der Waals surface area contributed by atoms with Crippen molar-refractivity contribution in [1.82, 2.24) is 4.90 Å². The van der Waals surface area contributed by atoms with E-state index in [1.54, 1.807) is 19.1 Å². The maximum atomic E-state index is 12.5. The molecule has 0 unspecified atom stereocenters. The molecule has 1 amide bonds. The number of aryl methyl sites for hydroxylation is 2. The molecule has 0 bridgehead atoms. The van der Waals surface area contributed by atoms with Crippen LogP contribution in [0.1, 0.15) is 28.4 Å². The summed E-state index contributed by atoms with van der Waals surface area (Å²) in [6.07, 6.45) is 1.60. The molecule has 0 radical (unpaired) electrons. The van der Waals surface area contributed by atoms with Gasteiger partial charge < -0.3 is 9.64 Å². The molecule has 4 nitrogen and oxygen atoms in total. The smallest absolute Gasteiger partial charge is 0.325 e. The maximum absolute atomic E-state index is 12.5. The van der Waals surface area contributed by atoms with E-state index in [0.29, 0.717) is 18.7 Å². The van der Waals surface area contributed by atoms with E-state index in [9.17, 15) is 9.59 Å². The van der Waals surface area contributed by atoms with E-state index < -0.39 is 5.97 Å². The molecule has 0 aliphatic carbocycles. The molecular formula is C16H21NO3. The van der Waals surface area contributed by atoms with Crippen LogP contribution >= 0.6 is 0 Å². The molecule has 0 spiro atoms. The van der Waals surface area contributed by atoms with E-state index in [0.717, 1.165) is 11.1 Å². The molecular weight excluding hydrogens is 254 g/mol. The van der Waals surface area contributed by atoms with E-state index in [1.165, 1.54) is 4.90 Å². The molecule has 1 rings (SSSR count). The summed E-state index contributed by atoms with van der Waals surface area (Å²) >= 11 is 0. The van der Waals surface area contributed by atoms with Crippen molar-refractivity contribution in [3.63, 3.8) is 0 Å². The van der Waals surface area contributed by atoms with E-state index in [4.69, 9.17) is 4.74 Å². The number of rotatable bonds is 6. The molecule has 0 aliphatic heterocycles. The van der Waals surface area contributed by atoms with E-state index >= 15 is 0 Å². The van der Waals surface area contributed by atoms with Gasteiger partial charge >= 0.3 is 5.97 Å². The fourth-order valence-corrected chi connectivity index (χ4v) is 1.96. The van der Waals surface area contributed by atoms with Gasteiger partial charge in [-0.15, -0.1) is 6.58 Å². The third-order valence-corrected chi connectivity index (χ3v) is 2.87. The zero-order chi connectivity index (χ0) is 15.1. The highest BCUT2D eigenvalue weighted by molar-refractivity contribution is 5.97. The van der Waals surface area contributed by atoms with Gasteiger partial charge in [-0.2, -0.15) is 0 Å². The van der Waals surface area contributed by atoms with Gasteiger partial charge in [0.2, 0.25) is 0 Å². The van der Waals surface area contributed by atoms with Crippen molar-refractivity contribution in [1.29, 1.82) is 0 Å². The summed E-state index contributed by atoms with van der Waals surface area (Å²) in [5.41, 5.74) is 2.59. The standard InChI is InChI=1S/C16H21NO3/c1-5-9-17(11-15(18)20-6-2)16(19)14-8-7-12(3)10-13(14)4/h5,7-8,10H,1,6,9,11H2,2-4H3. The SMILES string of the molecule is C=CCN(CC(=O)OCC)C(=O)c1ccc(C)cc1C. The second-order valence-corrected chi connectivity index (χ2v) is 4.60. The molecule has 108 valence electrons. The summed E-state index contributed by atoms with van der Waals surface area (Å²) in [6, 6.07) is 5.62. The lowest BCUT2D eigenvalue weighted by Crippen LogP contribution is -2.37. The lowest BCUT2D eigenvalue weighted by atomic mass is 10.0. The number of carbonyl (C=O) groups is 2. The zero-order valence-electron chi connectivity index (χ0n) is 12.3. The van der Waals surface area contributed by atoms with Gasteiger partial charge in [-0.3, -0.25) is 9.59 Å². The van der Waals surface area contributed by atoms with Crippen LogP contribution in [-0.4, -0.2) is 36.5 Å². The highest BCUT2D eigenvalue weighted by atomic mass is 16.5. The number of hydrogen-bond donors (Lipinski definition) is 0. The Labute approximate surface area is 120 Å². The second-order valence-electron chi connectivity index (χ2n) is 4.60. The highest BCUT2D eigenvalue weighted by Gasteiger charge is 2.19. The van der Waals surface area contributed by atoms with Crippen molar-refractivity contribution in [2.24, 2.45) is 0 Å². The fraction of sp³-hybridized carbons (Fsp3) is 0.375. The van der Waals surface area contributed by atoms with Crippen molar-refractivity contribution in [2.45, 2.75) is 20.8 Å².